The highest BCUT2D eigenvalue weighted by molar-refractivity contribution is 6.05. The van der Waals surface area contributed by atoms with Crippen LogP contribution in [0.4, 0.5) is 11.4 Å². The maximum atomic E-state index is 12.3. The van der Waals surface area contributed by atoms with Gasteiger partial charge in [0.25, 0.3) is 0 Å². The molecule has 1 N–H and O–H groups in total. The lowest BCUT2D eigenvalue weighted by molar-refractivity contribution is 0.0527. The lowest BCUT2D eigenvalue weighted by atomic mass is 10.1. The van der Waals surface area contributed by atoms with Crippen LogP contribution >= 0.6 is 12.4 Å². The van der Waals surface area contributed by atoms with Gasteiger partial charge in [-0.25, -0.2) is 14.8 Å². The Morgan fingerprint density at radius 2 is 1.85 bits per heavy atom. The number of benzene rings is 1. The number of ether oxygens (including phenoxy) is 1. The fourth-order valence-corrected chi connectivity index (χ4v) is 2.64. The van der Waals surface area contributed by atoms with Crippen molar-refractivity contribution in [1.82, 2.24) is 9.97 Å². The van der Waals surface area contributed by atoms with Gasteiger partial charge >= 0.3 is 5.97 Å². The molecule has 5 nitrogen and oxygen atoms in total. The normalized spacial score (nSPS) is 10.3. The van der Waals surface area contributed by atoms with Gasteiger partial charge in [-0.2, -0.15) is 0 Å². The average molecular weight is 372 g/mol. The molecule has 136 valence electrons. The van der Waals surface area contributed by atoms with Gasteiger partial charge in [0.2, 0.25) is 0 Å². The Balaban J connectivity index is 0.00000243. The molecular weight excluding hydrogens is 350 g/mol. The molecule has 0 bridgehead atoms. The van der Waals surface area contributed by atoms with Crippen molar-refractivity contribution in [2.75, 3.05) is 11.9 Å². The van der Waals surface area contributed by atoms with E-state index >= 15 is 0 Å². The Morgan fingerprint density at radius 3 is 2.50 bits per heavy atom. The first kappa shape index (κ1) is 19.7. The zero-order valence-corrected chi connectivity index (χ0v) is 15.9. The van der Waals surface area contributed by atoms with Crippen molar-refractivity contribution in [1.29, 1.82) is 0 Å². The van der Waals surface area contributed by atoms with Gasteiger partial charge in [0.05, 0.1) is 12.3 Å². The number of rotatable bonds is 5. The van der Waals surface area contributed by atoms with E-state index in [2.05, 4.69) is 34.3 Å². The van der Waals surface area contributed by atoms with Gasteiger partial charge in [0.1, 0.15) is 5.56 Å². The lowest BCUT2D eigenvalue weighted by Gasteiger charge is -2.14. The predicted molar refractivity (Wildman–Crippen MR) is 107 cm³/mol. The predicted octanol–water partition coefficient (Wildman–Crippen LogP) is 4.84. The van der Waals surface area contributed by atoms with E-state index in [9.17, 15) is 4.79 Å². The van der Waals surface area contributed by atoms with Crippen LogP contribution in [0.2, 0.25) is 0 Å². The Morgan fingerprint density at radius 1 is 1.12 bits per heavy atom. The molecule has 0 saturated carbocycles. The number of fused-ring (bicyclic) bond motifs is 1. The molecule has 0 radical (unpaired) electrons. The van der Waals surface area contributed by atoms with Crippen LogP contribution in [-0.4, -0.2) is 22.5 Å². The van der Waals surface area contributed by atoms with Crippen molar-refractivity contribution in [3.8, 4) is 0 Å². The van der Waals surface area contributed by atoms with Gasteiger partial charge in [0.15, 0.2) is 5.65 Å². The van der Waals surface area contributed by atoms with Crippen LogP contribution in [0, 0.1) is 6.92 Å². The molecule has 6 heteroatoms. The number of carbonyl (C=O) groups is 1. The third kappa shape index (κ3) is 4.11. The van der Waals surface area contributed by atoms with Crippen molar-refractivity contribution < 1.29 is 9.53 Å². The van der Waals surface area contributed by atoms with Crippen molar-refractivity contribution >= 4 is 40.8 Å². The molecule has 0 atom stereocenters. The molecule has 1 aromatic carbocycles. The van der Waals surface area contributed by atoms with E-state index in [4.69, 9.17) is 4.74 Å². The summed E-state index contributed by atoms with van der Waals surface area (Å²) in [5.41, 5.74) is 4.70. The van der Waals surface area contributed by atoms with Gasteiger partial charge in [0, 0.05) is 23.0 Å². The second kappa shape index (κ2) is 8.63. The van der Waals surface area contributed by atoms with Crippen LogP contribution in [-0.2, 0) is 11.2 Å². The van der Waals surface area contributed by atoms with Crippen LogP contribution < -0.4 is 5.32 Å². The number of halogens is 1. The number of pyridine rings is 2. The molecule has 0 unspecified atom stereocenters. The van der Waals surface area contributed by atoms with E-state index < -0.39 is 5.97 Å². The third-order valence-corrected chi connectivity index (χ3v) is 4.00. The van der Waals surface area contributed by atoms with Crippen LogP contribution in [0.25, 0.3) is 11.0 Å². The summed E-state index contributed by atoms with van der Waals surface area (Å²) in [6.45, 7) is 6.13. The van der Waals surface area contributed by atoms with E-state index in [0.29, 0.717) is 23.5 Å². The molecule has 0 spiro atoms. The number of carbonyl (C=O) groups excluding carboxylic acids is 1. The zero-order chi connectivity index (χ0) is 17.8. The molecule has 2 heterocycles. The first-order valence-corrected chi connectivity index (χ1v) is 8.41. The zero-order valence-electron chi connectivity index (χ0n) is 15.1. The van der Waals surface area contributed by atoms with Crippen molar-refractivity contribution in [3.05, 3.63) is 59.4 Å². The topological polar surface area (TPSA) is 64.1 Å². The van der Waals surface area contributed by atoms with E-state index in [1.165, 1.54) is 11.8 Å². The SMILES string of the molecule is CCOC(=O)c1cnc2nc(C)ccc2c1Nc1ccc(CC)cc1.Cl. The minimum Gasteiger partial charge on any atom is -0.462 e. The molecule has 26 heavy (non-hydrogen) atoms. The number of nitrogens with one attached hydrogen (secondary N) is 1. The number of hydrogen-bond acceptors (Lipinski definition) is 5. The quantitative estimate of drug-likeness (QED) is 0.650. The number of aryl methyl sites for hydroxylation is 2. The van der Waals surface area contributed by atoms with Gasteiger partial charge in [-0.05, 0) is 50.1 Å². The summed E-state index contributed by atoms with van der Waals surface area (Å²) < 4.78 is 5.18. The van der Waals surface area contributed by atoms with Crippen LogP contribution in [0.1, 0.15) is 35.5 Å². The first-order valence-electron chi connectivity index (χ1n) is 8.41. The summed E-state index contributed by atoms with van der Waals surface area (Å²) >= 11 is 0. The molecular formula is C20H22ClN3O2. The smallest absolute Gasteiger partial charge is 0.341 e. The maximum absolute atomic E-state index is 12.3. The maximum Gasteiger partial charge on any atom is 0.341 e. The van der Waals surface area contributed by atoms with Crippen LogP contribution in [0.5, 0.6) is 0 Å². The summed E-state index contributed by atoms with van der Waals surface area (Å²) in [7, 11) is 0. The van der Waals surface area contributed by atoms with E-state index in [1.54, 1.807) is 6.92 Å². The van der Waals surface area contributed by atoms with E-state index in [1.807, 2.05) is 31.2 Å². The minimum atomic E-state index is -0.398. The van der Waals surface area contributed by atoms with Crippen LogP contribution in [0.15, 0.2) is 42.6 Å². The van der Waals surface area contributed by atoms with Gasteiger partial charge < -0.3 is 10.1 Å². The molecule has 0 aliphatic rings. The van der Waals surface area contributed by atoms with E-state index in [-0.39, 0.29) is 12.4 Å². The Bertz CT molecular complexity index is 911. The summed E-state index contributed by atoms with van der Waals surface area (Å²) in [4.78, 5) is 21.1. The highest BCUT2D eigenvalue weighted by atomic mass is 35.5. The van der Waals surface area contributed by atoms with Gasteiger partial charge in [-0.15, -0.1) is 12.4 Å². The van der Waals surface area contributed by atoms with Crippen molar-refractivity contribution in [3.63, 3.8) is 0 Å². The summed E-state index contributed by atoms with van der Waals surface area (Å²) in [6, 6.07) is 12.0. The third-order valence-electron chi connectivity index (χ3n) is 4.00. The molecule has 3 rings (SSSR count). The van der Waals surface area contributed by atoms with Gasteiger partial charge in [-0.3, -0.25) is 0 Å². The molecule has 0 fully saturated rings. The average Bonchev–Trinajstić information content (AvgIpc) is 2.62. The fourth-order valence-electron chi connectivity index (χ4n) is 2.64. The Hall–Kier alpha value is -2.66. The Labute approximate surface area is 159 Å². The fraction of sp³-hybridized carbons (Fsp3) is 0.250. The lowest BCUT2D eigenvalue weighted by Crippen LogP contribution is -2.09. The van der Waals surface area contributed by atoms with Crippen molar-refractivity contribution in [2.24, 2.45) is 0 Å². The summed E-state index contributed by atoms with van der Waals surface area (Å²) in [5, 5.41) is 4.13. The van der Waals surface area contributed by atoms with Crippen molar-refractivity contribution in [2.45, 2.75) is 27.2 Å². The summed E-state index contributed by atoms with van der Waals surface area (Å²) in [5.74, 6) is -0.398. The molecule has 3 aromatic rings. The monoisotopic (exact) mass is 371 g/mol. The first-order chi connectivity index (χ1) is 12.1. The molecule has 0 aliphatic heterocycles. The molecule has 0 saturated heterocycles. The second-order valence-corrected chi connectivity index (χ2v) is 5.77. The number of hydrogen-bond donors (Lipinski definition) is 1. The number of aromatic nitrogens is 2. The highest BCUT2D eigenvalue weighted by Crippen LogP contribution is 2.29. The number of esters is 1. The second-order valence-electron chi connectivity index (χ2n) is 5.77. The Kier molecular flexibility index (Phi) is 6.52. The van der Waals surface area contributed by atoms with Gasteiger partial charge in [-0.1, -0.05) is 19.1 Å². The van der Waals surface area contributed by atoms with Crippen LogP contribution in [0.3, 0.4) is 0 Å². The highest BCUT2D eigenvalue weighted by Gasteiger charge is 2.17. The standard InChI is InChI=1S/C20H21N3O2.ClH/c1-4-14-7-9-15(10-8-14)23-18-16-11-6-13(3)22-19(16)21-12-17(18)20(24)25-5-2;/h6-12H,4-5H2,1-3H3,(H,21,22,23);1H. The minimum absolute atomic E-state index is 0. The number of nitrogens with zero attached hydrogens (tertiary/aromatic N) is 2. The number of anilines is 2. The summed E-state index contributed by atoms with van der Waals surface area (Å²) in [6.07, 6.45) is 2.51. The molecule has 2 aromatic heterocycles. The largest absolute Gasteiger partial charge is 0.462 e. The molecule has 0 amide bonds. The molecule has 0 aliphatic carbocycles. The van der Waals surface area contributed by atoms with E-state index in [0.717, 1.165) is 23.2 Å².